The molecule has 1 fully saturated rings. The van der Waals surface area contributed by atoms with Gasteiger partial charge in [-0.1, -0.05) is 24.3 Å². The third kappa shape index (κ3) is 6.04. The molecule has 0 saturated carbocycles. The summed E-state index contributed by atoms with van der Waals surface area (Å²) in [7, 11) is 0. The number of amides is 2. The molecule has 0 aliphatic carbocycles. The van der Waals surface area contributed by atoms with Gasteiger partial charge in [0, 0.05) is 26.2 Å². The number of halogens is 4. The van der Waals surface area contributed by atoms with E-state index in [0.29, 0.717) is 26.2 Å². The zero-order valence-electron chi connectivity index (χ0n) is 17.5. The van der Waals surface area contributed by atoms with Gasteiger partial charge < -0.3 is 10.6 Å². The van der Waals surface area contributed by atoms with Crippen LogP contribution in [0.5, 0.6) is 0 Å². The van der Waals surface area contributed by atoms with Crippen LogP contribution in [0.25, 0.3) is 0 Å². The minimum Gasteiger partial charge on any atom is -0.324 e. The molecule has 0 aromatic heterocycles. The van der Waals surface area contributed by atoms with Gasteiger partial charge in [-0.25, -0.2) is 4.39 Å². The third-order valence-corrected chi connectivity index (χ3v) is 5.34. The van der Waals surface area contributed by atoms with Crippen LogP contribution in [0.2, 0.25) is 0 Å². The second-order valence-corrected chi connectivity index (χ2v) is 7.55. The summed E-state index contributed by atoms with van der Waals surface area (Å²) in [6, 6.07) is 10.2. The first kappa shape index (κ1) is 23.7. The van der Waals surface area contributed by atoms with Crippen LogP contribution in [0.4, 0.5) is 28.9 Å². The van der Waals surface area contributed by atoms with Gasteiger partial charge in [0.1, 0.15) is 5.82 Å². The Morgan fingerprint density at radius 1 is 0.938 bits per heavy atom. The molecule has 1 atom stereocenters. The molecule has 2 amide bonds. The molecule has 2 N–H and O–H groups in total. The van der Waals surface area contributed by atoms with Crippen molar-refractivity contribution in [3.8, 4) is 0 Å². The van der Waals surface area contributed by atoms with Crippen molar-refractivity contribution in [2.45, 2.75) is 19.1 Å². The van der Waals surface area contributed by atoms with Crippen LogP contribution in [-0.4, -0.2) is 60.4 Å². The van der Waals surface area contributed by atoms with Gasteiger partial charge >= 0.3 is 6.18 Å². The van der Waals surface area contributed by atoms with Gasteiger partial charge in [-0.3, -0.25) is 19.4 Å². The summed E-state index contributed by atoms with van der Waals surface area (Å²) in [6.07, 6.45) is -4.56. The number of carbonyl (C=O) groups excluding carboxylic acids is 2. The molecular formula is C22H24F4N4O2. The van der Waals surface area contributed by atoms with E-state index in [4.69, 9.17) is 0 Å². The minimum atomic E-state index is -4.56. The van der Waals surface area contributed by atoms with Crippen molar-refractivity contribution in [2.75, 3.05) is 43.4 Å². The molecule has 2 aromatic carbocycles. The number of rotatable bonds is 6. The molecule has 6 nitrogen and oxygen atoms in total. The zero-order chi connectivity index (χ0) is 23.3. The van der Waals surface area contributed by atoms with Gasteiger partial charge in [0.25, 0.3) is 0 Å². The fourth-order valence-corrected chi connectivity index (χ4v) is 3.51. The van der Waals surface area contributed by atoms with Crippen LogP contribution >= 0.6 is 0 Å². The van der Waals surface area contributed by atoms with Gasteiger partial charge in [-0.05, 0) is 31.2 Å². The van der Waals surface area contributed by atoms with E-state index in [0.717, 1.165) is 6.07 Å². The highest BCUT2D eigenvalue weighted by molar-refractivity contribution is 5.94. The molecular weight excluding hydrogens is 428 g/mol. The van der Waals surface area contributed by atoms with E-state index in [1.807, 2.05) is 9.80 Å². The average Bonchev–Trinajstić information content (AvgIpc) is 2.75. The maximum Gasteiger partial charge on any atom is 0.418 e. The predicted molar refractivity (Wildman–Crippen MR) is 113 cm³/mol. The molecule has 1 aliphatic heterocycles. The smallest absolute Gasteiger partial charge is 0.324 e. The number of hydrogen-bond acceptors (Lipinski definition) is 4. The summed E-state index contributed by atoms with van der Waals surface area (Å²) in [5.74, 6) is -1.40. The molecule has 0 radical (unpaired) electrons. The first-order chi connectivity index (χ1) is 15.1. The number of alkyl halides is 3. The van der Waals surface area contributed by atoms with E-state index >= 15 is 0 Å². The van der Waals surface area contributed by atoms with Crippen molar-refractivity contribution in [2.24, 2.45) is 0 Å². The first-order valence-electron chi connectivity index (χ1n) is 10.1. The number of hydrogen-bond donors (Lipinski definition) is 2. The quantitative estimate of drug-likeness (QED) is 0.660. The first-order valence-corrected chi connectivity index (χ1v) is 10.1. The SMILES string of the molecule is CC(C(=O)Nc1ccccc1F)N1CCN(CC(=O)Nc2ccccc2C(F)(F)F)CC1. The summed E-state index contributed by atoms with van der Waals surface area (Å²) in [5, 5.41) is 4.91. The summed E-state index contributed by atoms with van der Waals surface area (Å²) >= 11 is 0. The van der Waals surface area contributed by atoms with E-state index in [2.05, 4.69) is 10.6 Å². The Morgan fingerprint density at radius 2 is 1.53 bits per heavy atom. The van der Waals surface area contributed by atoms with Gasteiger partial charge in [-0.2, -0.15) is 13.2 Å². The highest BCUT2D eigenvalue weighted by atomic mass is 19.4. The van der Waals surface area contributed by atoms with E-state index in [1.165, 1.54) is 36.4 Å². The second kappa shape index (κ2) is 10.1. The molecule has 32 heavy (non-hydrogen) atoms. The lowest BCUT2D eigenvalue weighted by atomic mass is 10.1. The largest absolute Gasteiger partial charge is 0.418 e. The Labute approximate surface area is 183 Å². The number of carbonyl (C=O) groups is 2. The van der Waals surface area contributed by atoms with Gasteiger partial charge in [0.2, 0.25) is 11.8 Å². The van der Waals surface area contributed by atoms with E-state index in [9.17, 15) is 27.2 Å². The van der Waals surface area contributed by atoms with Crippen LogP contribution in [-0.2, 0) is 15.8 Å². The highest BCUT2D eigenvalue weighted by Gasteiger charge is 2.34. The normalized spacial score (nSPS) is 16.4. The fourth-order valence-electron chi connectivity index (χ4n) is 3.51. The van der Waals surface area contributed by atoms with Crippen molar-refractivity contribution < 1.29 is 27.2 Å². The molecule has 3 rings (SSSR count). The Hall–Kier alpha value is -2.98. The lowest BCUT2D eigenvalue weighted by Gasteiger charge is -2.37. The van der Waals surface area contributed by atoms with Crippen LogP contribution in [0.15, 0.2) is 48.5 Å². The third-order valence-electron chi connectivity index (χ3n) is 5.34. The van der Waals surface area contributed by atoms with Crippen LogP contribution in [0.1, 0.15) is 12.5 Å². The number of nitrogens with one attached hydrogen (secondary N) is 2. The van der Waals surface area contributed by atoms with Gasteiger partial charge in [-0.15, -0.1) is 0 Å². The molecule has 1 saturated heterocycles. The Bertz CT molecular complexity index is 959. The average molecular weight is 452 g/mol. The topological polar surface area (TPSA) is 64.7 Å². The van der Waals surface area contributed by atoms with Crippen molar-refractivity contribution >= 4 is 23.2 Å². The lowest BCUT2D eigenvalue weighted by molar-refractivity contribution is -0.137. The maximum absolute atomic E-state index is 13.7. The predicted octanol–water partition coefficient (Wildman–Crippen LogP) is 3.43. The Balaban J connectivity index is 1.49. The number of anilines is 2. The highest BCUT2D eigenvalue weighted by Crippen LogP contribution is 2.34. The fraction of sp³-hybridized carbons (Fsp3) is 0.364. The molecule has 0 bridgehead atoms. The summed E-state index contributed by atoms with van der Waals surface area (Å²) in [5.41, 5.74) is -1.06. The van der Waals surface area contributed by atoms with Crippen molar-refractivity contribution in [3.05, 3.63) is 59.9 Å². The van der Waals surface area contributed by atoms with E-state index < -0.39 is 29.5 Å². The van der Waals surface area contributed by atoms with Crippen molar-refractivity contribution in [3.63, 3.8) is 0 Å². The Morgan fingerprint density at radius 3 is 2.16 bits per heavy atom. The molecule has 0 spiro atoms. The second-order valence-electron chi connectivity index (χ2n) is 7.55. The van der Waals surface area contributed by atoms with Crippen molar-refractivity contribution in [1.29, 1.82) is 0 Å². The van der Waals surface area contributed by atoms with Crippen LogP contribution < -0.4 is 10.6 Å². The van der Waals surface area contributed by atoms with E-state index in [-0.39, 0.29) is 23.8 Å². The molecule has 10 heteroatoms. The van der Waals surface area contributed by atoms with Crippen LogP contribution in [0.3, 0.4) is 0 Å². The van der Waals surface area contributed by atoms with Gasteiger partial charge in [0.15, 0.2) is 0 Å². The molecule has 1 heterocycles. The number of piperazine rings is 1. The number of benzene rings is 2. The summed E-state index contributed by atoms with van der Waals surface area (Å²) < 4.78 is 53.0. The standard InChI is InChI=1S/C22H24F4N4O2/c1-15(21(32)28-19-9-5-3-7-17(19)23)30-12-10-29(11-13-30)14-20(31)27-18-8-4-2-6-16(18)22(24,25)26/h2-9,15H,10-14H2,1H3,(H,27,31)(H,28,32). The maximum atomic E-state index is 13.7. The van der Waals surface area contributed by atoms with Gasteiger partial charge in [0.05, 0.1) is 29.5 Å². The number of para-hydroxylation sites is 2. The van der Waals surface area contributed by atoms with Crippen molar-refractivity contribution in [1.82, 2.24) is 9.80 Å². The minimum absolute atomic E-state index is 0.0597. The molecule has 1 unspecified atom stereocenters. The molecule has 172 valence electrons. The zero-order valence-corrected chi connectivity index (χ0v) is 17.5. The summed E-state index contributed by atoms with van der Waals surface area (Å²) in [6.45, 7) is 3.55. The monoisotopic (exact) mass is 452 g/mol. The molecule has 2 aromatic rings. The Kier molecular flexibility index (Phi) is 7.47. The van der Waals surface area contributed by atoms with E-state index in [1.54, 1.807) is 13.0 Å². The number of nitrogens with zero attached hydrogens (tertiary/aromatic N) is 2. The lowest BCUT2D eigenvalue weighted by Crippen LogP contribution is -2.53. The summed E-state index contributed by atoms with van der Waals surface area (Å²) in [4.78, 5) is 28.5. The molecule has 1 aliphatic rings. The van der Waals surface area contributed by atoms with Crippen LogP contribution in [0, 0.1) is 5.82 Å².